The van der Waals surface area contributed by atoms with E-state index in [1.165, 1.54) is 6.07 Å². The summed E-state index contributed by atoms with van der Waals surface area (Å²) >= 11 is 0. The second-order valence-electron chi connectivity index (χ2n) is 3.17. The van der Waals surface area contributed by atoms with E-state index in [0.29, 0.717) is 5.56 Å². The van der Waals surface area contributed by atoms with Gasteiger partial charge in [-0.3, -0.25) is 0 Å². The van der Waals surface area contributed by atoms with Crippen molar-refractivity contribution in [2.75, 3.05) is 6.61 Å². The van der Waals surface area contributed by atoms with E-state index in [0.717, 1.165) is 12.1 Å². The fourth-order valence-electron chi connectivity index (χ4n) is 1.41. The molecule has 2 rings (SSSR count). The van der Waals surface area contributed by atoms with E-state index in [1.54, 1.807) is 0 Å². The van der Waals surface area contributed by atoms with Crippen LogP contribution in [-0.2, 0) is 6.18 Å². The van der Waals surface area contributed by atoms with Crippen molar-refractivity contribution >= 4 is 0 Å². The molecular formula is C9H8F3NO. The Bertz CT molecular complexity index is 362. The molecule has 0 fully saturated rings. The Morgan fingerprint density at radius 3 is 2.71 bits per heavy atom. The standard InChI is InChI=1S/C9H8F3NO/c10-9(11,12)5-1-2-6-7(13)4-14-8(6)3-5/h1-3,7H,4,13H2. The van der Waals surface area contributed by atoms with Crippen molar-refractivity contribution < 1.29 is 17.9 Å². The summed E-state index contributed by atoms with van der Waals surface area (Å²) in [5.41, 5.74) is 5.53. The molecule has 0 saturated carbocycles. The van der Waals surface area contributed by atoms with E-state index in [1.807, 2.05) is 0 Å². The van der Waals surface area contributed by atoms with Crippen LogP contribution in [0.5, 0.6) is 5.75 Å². The van der Waals surface area contributed by atoms with Crippen LogP contribution in [0, 0.1) is 0 Å². The molecule has 0 bridgehead atoms. The van der Waals surface area contributed by atoms with E-state index < -0.39 is 11.7 Å². The Morgan fingerprint density at radius 2 is 2.07 bits per heavy atom. The monoisotopic (exact) mass is 203 g/mol. The highest BCUT2D eigenvalue weighted by Gasteiger charge is 2.32. The van der Waals surface area contributed by atoms with Gasteiger partial charge in [-0.1, -0.05) is 6.07 Å². The Labute approximate surface area is 78.5 Å². The molecule has 0 radical (unpaired) electrons. The van der Waals surface area contributed by atoms with Crippen molar-refractivity contribution in [2.24, 2.45) is 5.73 Å². The summed E-state index contributed by atoms with van der Waals surface area (Å²) in [6.07, 6.45) is -4.33. The third-order valence-electron chi connectivity index (χ3n) is 2.16. The van der Waals surface area contributed by atoms with Crippen LogP contribution in [0.25, 0.3) is 0 Å². The van der Waals surface area contributed by atoms with E-state index in [9.17, 15) is 13.2 Å². The predicted molar refractivity (Wildman–Crippen MR) is 43.9 cm³/mol. The quantitative estimate of drug-likeness (QED) is 0.700. The first-order chi connectivity index (χ1) is 6.48. The lowest BCUT2D eigenvalue weighted by atomic mass is 10.1. The van der Waals surface area contributed by atoms with Crippen LogP contribution in [0.1, 0.15) is 17.2 Å². The molecule has 0 aromatic heterocycles. The van der Waals surface area contributed by atoms with Crippen molar-refractivity contribution in [1.29, 1.82) is 0 Å². The minimum Gasteiger partial charge on any atom is -0.491 e. The number of hydrogen-bond donors (Lipinski definition) is 1. The van der Waals surface area contributed by atoms with Crippen molar-refractivity contribution in [3.63, 3.8) is 0 Å². The van der Waals surface area contributed by atoms with Gasteiger partial charge in [0.15, 0.2) is 0 Å². The maximum atomic E-state index is 12.3. The molecule has 14 heavy (non-hydrogen) atoms. The highest BCUT2D eigenvalue weighted by atomic mass is 19.4. The van der Waals surface area contributed by atoms with Crippen molar-refractivity contribution in [3.8, 4) is 5.75 Å². The number of fused-ring (bicyclic) bond motifs is 1. The average molecular weight is 203 g/mol. The topological polar surface area (TPSA) is 35.2 Å². The molecule has 1 aromatic rings. The van der Waals surface area contributed by atoms with Gasteiger partial charge in [-0.2, -0.15) is 13.2 Å². The van der Waals surface area contributed by atoms with Gasteiger partial charge in [0.05, 0.1) is 11.6 Å². The Kier molecular flexibility index (Phi) is 1.92. The highest BCUT2D eigenvalue weighted by Crippen LogP contribution is 2.37. The molecule has 1 aliphatic heterocycles. The molecule has 1 atom stereocenters. The molecule has 2 nitrogen and oxygen atoms in total. The molecule has 0 spiro atoms. The molecule has 0 amide bonds. The number of nitrogens with two attached hydrogens (primary N) is 1. The third-order valence-corrected chi connectivity index (χ3v) is 2.16. The van der Waals surface area contributed by atoms with Crippen LogP contribution in [0.4, 0.5) is 13.2 Å². The van der Waals surface area contributed by atoms with Crippen LogP contribution in [0.2, 0.25) is 0 Å². The van der Waals surface area contributed by atoms with Gasteiger partial charge < -0.3 is 10.5 Å². The van der Waals surface area contributed by atoms with Gasteiger partial charge >= 0.3 is 6.18 Å². The summed E-state index contributed by atoms with van der Waals surface area (Å²) < 4.78 is 41.8. The van der Waals surface area contributed by atoms with Crippen molar-refractivity contribution in [3.05, 3.63) is 29.3 Å². The first-order valence-corrected chi connectivity index (χ1v) is 4.08. The zero-order chi connectivity index (χ0) is 10.3. The largest absolute Gasteiger partial charge is 0.491 e. The highest BCUT2D eigenvalue weighted by molar-refractivity contribution is 5.43. The molecule has 5 heteroatoms. The molecule has 0 saturated heterocycles. The number of rotatable bonds is 0. The Hall–Kier alpha value is -1.23. The second kappa shape index (κ2) is 2.88. The molecular weight excluding hydrogens is 195 g/mol. The second-order valence-corrected chi connectivity index (χ2v) is 3.17. The van der Waals surface area contributed by atoms with Gasteiger partial charge in [-0.05, 0) is 12.1 Å². The maximum absolute atomic E-state index is 12.3. The van der Waals surface area contributed by atoms with E-state index in [-0.39, 0.29) is 18.4 Å². The number of halogens is 3. The number of hydrogen-bond acceptors (Lipinski definition) is 2. The average Bonchev–Trinajstić information content (AvgIpc) is 2.46. The van der Waals surface area contributed by atoms with Crippen LogP contribution < -0.4 is 10.5 Å². The van der Waals surface area contributed by atoms with Gasteiger partial charge in [0.2, 0.25) is 0 Å². The van der Waals surface area contributed by atoms with Gasteiger partial charge in [0, 0.05) is 5.56 Å². The Balaban J connectivity index is 2.42. The normalized spacial score (nSPS) is 20.4. The maximum Gasteiger partial charge on any atom is 0.416 e. The first-order valence-electron chi connectivity index (χ1n) is 4.08. The number of alkyl halides is 3. The fraction of sp³-hybridized carbons (Fsp3) is 0.333. The summed E-state index contributed by atoms with van der Waals surface area (Å²) in [6, 6.07) is 3.07. The molecule has 1 heterocycles. The van der Waals surface area contributed by atoms with Crippen LogP contribution >= 0.6 is 0 Å². The summed E-state index contributed by atoms with van der Waals surface area (Å²) in [5.74, 6) is 0.243. The van der Waals surface area contributed by atoms with E-state index >= 15 is 0 Å². The van der Waals surface area contributed by atoms with E-state index in [2.05, 4.69) is 0 Å². The number of benzene rings is 1. The van der Waals surface area contributed by atoms with Crippen molar-refractivity contribution in [2.45, 2.75) is 12.2 Å². The molecule has 1 aliphatic rings. The smallest absolute Gasteiger partial charge is 0.416 e. The van der Waals surface area contributed by atoms with Crippen LogP contribution in [0.15, 0.2) is 18.2 Å². The lowest BCUT2D eigenvalue weighted by Crippen LogP contribution is -2.10. The van der Waals surface area contributed by atoms with Gasteiger partial charge in [-0.15, -0.1) is 0 Å². The molecule has 0 aliphatic carbocycles. The zero-order valence-electron chi connectivity index (χ0n) is 7.14. The SMILES string of the molecule is NC1COc2cc(C(F)(F)F)ccc21. The Morgan fingerprint density at radius 1 is 1.36 bits per heavy atom. The molecule has 1 unspecified atom stereocenters. The first kappa shape index (κ1) is 9.33. The van der Waals surface area contributed by atoms with E-state index in [4.69, 9.17) is 10.5 Å². The van der Waals surface area contributed by atoms with Gasteiger partial charge in [0.1, 0.15) is 12.4 Å². The summed E-state index contributed by atoms with van der Waals surface area (Å²) in [7, 11) is 0. The minimum atomic E-state index is -4.33. The predicted octanol–water partition coefficient (Wildman–Crippen LogP) is 2.10. The van der Waals surface area contributed by atoms with Gasteiger partial charge in [0.25, 0.3) is 0 Å². The lowest BCUT2D eigenvalue weighted by Gasteiger charge is -2.08. The molecule has 1 aromatic carbocycles. The summed E-state index contributed by atoms with van der Waals surface area (Å²) in [6.45, 7) is 0.247. The van der Waals surface area contributed by atoms with Gasteiger partial charge in [-0.25, -0.2) is 0 Å². The lowest BCUT2D eigenvalue weighted by molar-refractivity contribution is -0.137. The minimum absolute atomic E-state index is 0.243. The third kappa shape index (κ3) is 1.43. The fourth-order valence-corrected chi connectivity index (χ4v) is 1.41. The molecule has 2 N–H and O–H groups in total. The summed E-state index contributed by atoms with van der Waals surface area (Å²) in [4.78, 5) is 0. The van der Waals surface area contributed by atoms with Crippen LogP contribution in [0.3, 0.4) is 0 Å². The summed E-state index contributed by atoms with van der Waals surface area (Å²) in [5, 5.41) is 0. The number of ether oxygens (including phenoxy) is 1. The van der Waals surface area contributed by atoms with Crippen LogP contribution in [-0.4, -0.2) is 6.61 Å². The van der Waals surface area contributed by atoms with Crippen molar-refractivity contribution in [1.82, 2.24) is 0 Å². The zero-order valence-corrected chi connectivity index (χ0v) is 7.14. The molecule has 76 valence electrons.